The molecule has 2 aliphatic rings. The summed E-state index contributed by atoms with van der Waals surface area (Å²) in [5.41, 5.74) is 3.06. The lowest BCUT2D eigenvalue weighted by molar-refractivity contribution is 0.0565. The Hall–Kier alpha value is -2.05. The van der Waals surface area contributed by atoms with Gasteiger partial charge in [0.05, 0.1) is 12.8 Å². The third-order valence-corrected chi connectivity index (χ3v) is 7.60. The van der Waals surface area contributed by atoms with Gasteiger partial charge in [0.1, 0.15) is 11.4 Å². The van der Waals surface area contributed by atoms with Gasteiger partial charge in [-0.3, -0.25) is 4.90 Å². The summed E-state index contributed by atoms with van der Waals surface area (Å²) in [5, 5.41) is 0. The van der Waals surface area contributed by atoms with Gasteiger partial charge in [0.25, 0.3) is 0 Å². The minimum Gasteiger partial charge on any atom is -0.497 e. The Bertz CT molecular complexity index is 995. The number of rotatable bonds is 5. The Morgan fingerprint density at radius 3 is 2.53 bits per heavy atom. The van der Waals surface area contributed by atoms with E-state index in [4.69, 9.17) is 9.47 Å². The highest BCUT2D eigenvalue weighted by molar-refractivity contribution is 9.10. The Morgan fingerprint density at radius 2 is 1.82 bits per heavy atom. The zero-order chi connectivity index (χ0) is 24.3. The molecule has 184 valence electrons. The summed E-state index contributed by atoms with van der Waals surface area (Å²) in [7, 11) is 1.72. The van der Waals surface area contributed by atoms with Gasteiger partial charge in [0.15, 0.2) is 0 Å². The van der Waals surface area contributed by atoms with Crippen LogP contribution in [0.3, 0.4) is 0 Å². The average molecular weight is 530 g/mol. The number of amides is 1. The lowest BCUT2D eigenvalue weighted by atomic mass is 9.88. The number of ether oxygens (including phenoxy) is 2. The second-order valence-electron chi connectivity index (χ2n) is 10.7. The highest BCUT2D eigenvalue weighted by atomic mass is 79.9. The number of para-hydroxylation sites is 1. The standard InChI is InChI=1S/C28H37BrN2O3/c1-28(2,3)34-27(32)31-19-21(16-22-7-5-6-8-26(22)31)18-30-13-11-20(12-14-30)15-23-17-24(33-4)9-10-25(23)29/h5-10,17,20-21H,11-16,18-19H2,1-4H3. The zero-order valence-corrected chi connectivity index (χ0v) is 22.4. The largest absolute Gasteiger partial charge is 0.497 e. The Morgan fingerprint density at radius 1 is 1.09 bits per heavy atom. The quantitative estimate of drug-likeness (QED) is 0.454. The number of hydrogen-bond donors (Lipinski definition) is 0. The van der Waals surface area contributed by atoms with E-state index in [1.165, 1.54) is 28.4 Å². The summed E-state index contributed by atoms with van der Waals surface area (Å²) in [4.78, 5) is 17.4. The van der Waals surface area contributed by atoms with E-state index in [1.54, 1.807) is 7.11 Å². The van der Waals surface area contributed by atoms with E-state index >= 15 is 0 Å². The van der Waals surface area contributed by atoms with Crippen LogP contribution in [-0.4, -0.2) is 49.9 Å². The van der Waals surface area contributed by atoms with Crippen LogP contribution >= 0.6 is 15.9 Å². The van der Waals surface area contributed by atoms with E-state index in [1.807, 2.05) is 43.9 Å². The van der Waals surface area contributed by atoms with Crippen LogP contribution in [0.15, 0.2) is 46.9 Å². The van der Waals surface area contributed by atoms with E-state index in [9.17, 15) is 4.79 Å². The van der Waals surface area contributed by atoms with Crippen LogP contribution in [0.25, 0.3) is 0 Å². The van der Waals surface area contributed by atoms with E-state index in [2.05, 4.69) is 45.1 Å². The van der Waals surface area contributed by atoms with E-state index < -0.39 is 5.60 Å². The first kappa shape index (κ1) is 25.1. The third-order valence-electron chi connectivity index (χ3n) is 6.83. The monoisotopic (exact) mass is 528 g/mol. The van der Waals surface area contributed by atoms with Gasteiger partial charge in [-0.05, 0) is 107 Å². The number of piperidine rings is 1. The molecular formula is C28H37BrN2O3. The third kappa shape index (κ3) is 6.33. The topological polar surface area (TPSA) is 42.0 Å². The molecule has 4 rings (SSSR count). The molecule has 0 bridgehead atoms. The molecule has 0 N–H and O–H groups in total. The summed E-state index contributed by atoms with van der Waals surface area (Å²) in [5.74, 6) is 2.01. The molecule has 1 saturated heterocycles. The van der Waals surface area contributed by atoms with Gasteiger partial charge in [-0.15, -0.1) is 0 Å². The van der Waals surface area contributed by atoms with E-state index in [-0.39, 0.29) is 6.09 Å². The number of methoxy groups -OCH3 is 1. The first-order valence-electron chi connectivity index (χ1n) is 12.3. The molecule has 2 aromatic rings. The van der Waals surface area contributed by atoms with Crippen LogP contribution in [0.4, 0.5) is 10.5 Å². The van der Waals surface area contributed by atoms with Crippen molar-refractivity contribution in [1.82, 2.24) is 4.90 Å². The van der Waals surface area contributed by atoms with E-state index in [0.29, 0.717) is 18.4 Å². The van der Waals surface area contributed by atoms with Crippen molar-refractivity contribution in [3.63, 3.8) is 0 Å². The van der Waals surface area contributed by atoms with Crippen molar-refractivity contribution >= 4 is 27.7 Å². The maximum absolute atomic E-state index is 13.0. The van der Waals surface area contributed by atoms with Crippen LogP contribution in [0, 0.1) is 11.8 Å². The highest BCUT2D eigenvalue weighted by Crippen LogP contribution is 2.33. The number of carbonyl (C=O) groups excluding carboxylic acids is 1. The van der Waals surface area contributed by atoms with Crippen molar-refractivity contribution in [3.05, 3.63) is 58.1 Å². The maximum Gasteiger partial charge on any atom is 0.414 e. The van der Waals surface area contributed by atoms with Crippen LogP contribution in [0.5, 0.6) is 5.75 Å². The fourth-order valence-corrected chi connectivity index (χ4v) is 5.58. The van der Waals surface area contributed by atoms with Crippen LogP contribution in [0.1, 0.15) is 44.7 Å². The molecule has 6 heteroatoms. The minimum absolute atomic E-state index is 0.243. The number of fused-ring (bicyclic) bond motifs is 1. The van der Waals surface area contributed by atoms with Gasteiger partial charge in [-0.2, -0.15) is 0 Å². The number of halogens is 1. The molecule has 34 heavy (non-hydrogen) atoms. The fraction of sp³-hybridized carbons (Fsp3) is 0.536. The van der Waals surface area contributed by atoms with Gasteiger partial charge < -0.3 is 14.4 Å². The van der Waals surface area contributed by atoms with Crippen molar-refractivity contribution in [2.45, 2.75) is 52.1 Å². The lowest BCUT2D eigenvalue weighted by Crippen LogP contribution is -2.47. The Balaban J connectivity index is 1.35. The summed E-state index contributed by atoms with van der Waals surface area (Å²) >= 11 is 3.70. The van der Waals surface area contributed by atoms with Crippen molar-refractivity contribution in [3.8, 4) is 5.75 Å². The Labute approximate surface area is 212 Å². The van der Waals surface area contributed by atoms with Crippen molar-refractivity contribution < 1.29 is 14.3 Å². The predicted molar refractivity (Wildman–Crippen MR) is 141 cm³/mol. The number of anilines is 1. The summed E-state index contributed by atoms with van der Waals surface area (Å²) in [6.07, 6.45) is 4.24. The molecule has 2 aromatic carbocycles. The number of carbonyl (C=O) groups is 1. The molecule has 0 spiro atoms. The molecule has 1 unspecified atom stereocenters. The predicted octanol–water partition coefficient (Wildman–Crippen LogP) is 6.33. The SMILES string of the molecule is COc1ccc(Br)c(CC2CCN(CC3Cc4ccccc4N(C(=O)OC(C)(C)C)C3)CC2)c1. The van der Waals surface area contributed by atoms with E-state index in [0.717, 1.165) is 43.9 Å². The summed E-state index contributed by atoms with van der Waals surface area (Å²) < 4.78 is 12.3. The van der Waals surface area contributed by atoms with Crippen molar-refractivity contribution in [2.24, 2.45) is 11.8 Å². The Kier molecular flexibility index (Phi) is 7.88. The molecule has 5 nitrogen and oxygen atoms in total. The first-order chi connectivity index (χ1) is 16.2. The molecule has 1 fully saturated rings. The molecule has 1 atom stereocenters. The smallest absolute Gasteiger partial charge is 0.414 e. The van der Waals surface area contributed by atoms with Gasteiger partial charge in [0.2, 0.25) is 0 Å². The molecule has 2 heterocycles. The van der Waals surface area contributed by atoms with Crippen molar-refractivity contribution in [1.29, 1.82) is 0 Å². The molecular weight excluding hydrogens is 492 g/mol. The van der Waals surface area contributed by atoms with Crippen LogP contribution < -0.4 is 9.64 Å². The van der Waals surface area contributed by atoms with Gasteiger partial charge in [0, 0.05) is 17.6 Å². The van der Waals surface area contributed by atoms with Gasteiger partial charge in [-0.1, -0.05) is 34.1 Å². The molecule has 2 aliphatic heterocycles. The molecule has 0 saturated carbocycles. The first-order valence-corrected chi connectivity index (χ1v) is 13.1. The maximum atomic E-state index is 13.0. The summed E-state index contributed by atoms with van der Waals surface area (Å²) in [6, 6.07) is 14.5. The number of likely N-dealkylation sites (tertiary alicyclic amines) is 1. The normalized spacial score (nSPS) is 19.6. The lowest BCUT2D eigenvalue weighted by Gasteiger charge is -2.39. The molecule has 0 aliphatic carbocycles. The molecule has 1 amide bonds. The molecule has 0 aromatic heterocycles. The number of nitrogens with zero attached hydrogens (tertiary/aromatic N) is 2. The fourth-order valence-electron chi connectivity index (χ4n) is 5.17. The number of benzene rings is 2. The van der Waals surface area contributed by atoms with Crippen LogP contribution in [-0.2, 0) is 17.6 Å². The number of hydrogen-bond acceptors (Lipinski definition) is 4. The zero-order valence-electron chi connectivity index (χ0n) is 20.9. The highest BCUT2D eigenvalue weighted by Gasteiger charge is 2.33. The second kappa shape index (κ2) is 10.7. The van der Waals surface area contributed by atoms with Crippen LogP contribution in [0.2, 0.25) is 0 Å². The van der Waals surface area contributed by atoms with Crippen molar-refractivity contribution in [2.75, 3.05) is 38.2 Å². The summed E-state index contributed by atoms with van der Waals surface area (Å²) in [6.45, 7) is 9.71. The minimum atomic E-state index is -0.501. The molecule has 0 radical (unpaired) electrons. The average Bonchev–Trinajstić information content (AvgIpc) is 2.80. The van der Waals surface area contributed by atoms with Gasteiger partial charge in [-0.25, -0.2) is 4.79 Å². The van der Waals surface area contributed by atoms with Gasteiger partial charge >= 0.3 is 6.09 Å². The second-order valence-corrected chi connectivity index (χ2v) is 11.5.